The van der Waals surface area contributed by atoms with E-state index < -0.39 is 23.2 Å². The third-order valence-corrected chi connectivity index (χ3v) is 2.97. The summed E-state index contributed by atoms with van der Waals surface area (Å²) in [7, 11) is 0. The monoisotopic (exact) mass is 310 g/mol. The van der Waals surface area contributed by atoms with Crippen LogP contribution in [0.5, 0.6) is 0 Å². The normalized spacial score (nSPS) is 10.2. The summed E-state index contributed by atoms with van der Waals surface area (Å²) in [6.07, 6.45) is 0.0697. The van der Waals surface area contributed by atoms with Crippen LogP contribution in [0.4, 0.5) is 20.2 Å². The molecule has 0 aliphatic rings. The highest BCUT2D eigenvalue weighted by atomic mass is 35.5. The van der Waals surface area contributed by atoms with E-state index in [-0.39, 0.29) is 6.42 Å². The van der Waals surface area contributed by atoms with Gasteiger partial charge in [0.25, 0.3) is 0 Å². The minimum atomic E-state index is -0.800. The van der Waals surface area contributed by atoms with Gasteiger partial charge in [0.15, 0.2) is 0 Å². The zero-order valence-corrected chi connectivity index (χ0v) is 11.8. The molecule has 2 aromatic rings. The molecule has 2 aromatic carbocycles. The van der Waals surface area contributed by atoms with Crippen LogP contribution in [-0.2, 0) is 4.79 Å². The van der Waals surface area contributed by atoms with Crippen LogP contribution in [0.2, 0.25) is 5.02 Å². The fourth-order valence-corrected chi connectivity index (χ4v) is 1.93. The first-order valence-electron chi connectivity index (χ1n) is 6.29. The lowest BCUT2D eigenvalue weighted by molar-refractivity contribution is -0.116. The van der Waals surface area contributed by atoms with Crippen molar-refractivity contribution < 1.29 is 13.6 Å². The number of hydrogen-bond donors (Lipinski definition) is 2. The van der Waals surface area contributed by atoms with Crippen molar-refractivity contribution in [3.63, 3.8) is 0 Å². The summed E-state index contributed by atoms with van der Waals surface area (Å²) < 4.78 is 26.7. The van der Waals surface area contributed by atoms with Crippen molar-refractivity contribution in [2.75, 3.05) is 17.2 Å². The van der Waals surface area contributed by atoms with Gasteiger partial charge in [-0.05, 0) is 30.3 Å². The second-order valence-corrected chi connectivity index (χ2v) is 4.77. The number of para-hydroxylation sites is 1. The highest BCUT2D eigenvalue weighted by Gasteiger charge is 2.11. The van der Waals surface area contributed by atoms with Gasteiger partial charge in [-0.2, -0.15) is 0 Å². The van der Waals surface area contributed by atoms with Crippen LogP contribution in [-0.4, -0.2) is 12.5 Å². The number of halogens is 3. The molecule has 0 unspecified atom stereocenters. The van der Waals surface area contributed by atoms with Crippen molar-refractivity contribution in [1.82, 2.24) is 0 Å². The molecule has 110 valence electrons. The fourth-order valence-electron chi connectivity index (χ4n) is 1.74. The Morgan fingerprint density at radius 2 is 1.76 bits per heavy atom. The average Bonchev–Trinajstić information content (AvgIpc) is 2.43. The zero-order chi connectivity index (χ0) is 15.2. The van der Waals surface area contributed by atoms with Crippen molar-refractivity contribution >= 4 is 28.9 Å². The van der Waals surface area contributed by atoms with Gasteiger partial charge in [-0.1, -0.05) is 23.7 Å². The molecule has 6 heteroatoms. The number of anilines is 2. The molecule has 0 aliphatic heterocycles. The Hall–Kier alpha value is -2.14. The fraction of sp³-hybridized carbons (Fsp3) is 0.133. The summed E-state index contributed by atoms with van der Waals surface area (Å²) in [4.78, 5) is 11.7. The predicted octanol–water partition coefficient (Wildman–Crippen LogP) is 4.06. The summed E-state index contributed by atoms with van der Waals surface area (Å²) in [5.41, 5.74) is 0.345. The molecule has 0 saturated carbocycles. The molecule has 0 heterocycles. The second-order valence-electron chi connectivity index (χ2n) is 4.33. The first-order chi connectivity index (χ1) is 10.1. The number of hydrogen-bond acceptors (Lipinski definition) is 2. The molecular weight excluding hydrogens is 298 g/mol. The number of carbonyl (C=O) groups excluding carboxylic acids is 1. The van der Waals surface area contributed by atoms with Gasteiger partial charge in [0.1, 0.15) is 17.3 Å². The molecule has 0 spiro atoms. The minimum Gasteiger partial charge on any atom is -0.384 e. The number of benzene rings is 2. The number of rotatable bonds is 5. The van der Waals surface area contributed by atoms with E-state index in [9.17, 15) is 13.6 Å². The van der Waals surface area contributed by atoms with E-state index in [2.05, 4.69) is 10.6 Å². The highest BCUT2D eigenvalue weighted by molar-refractivity contribution is 6.30. The Balaban J connectivity index is 1.85. The van der Waals surface area contributed by atoms with Gasteiger partial charge in [-0.15, -0.1) is 0 Å². The van der Waals surface area contributed by atoms with Crippen LogP contribution >= 0.6 is 11.6 Å². The Morgan fingerprint density at radius 3 is 2.43 bits per heavy atom. The SMILES string of the molecule is O=C(CCNc1cccc(Cl)c1)Nc1c(F)cccc1F. The highest BCUT2D eigenvalue weighted by Crippen LogP contribution is 2.18. The molecule has 0 atom stereocenters. The maximum Gasteiger partial charge on any atom is 0.226 e. The second kappa shape index (κ2) is 7.04. The molecule has 3 nitrogen and oxygen atoms in total. The van der Waals surface area contributed by atoms with Crippen molar-refractivity contribution in [2.45, 2.75) is 6.42 Å². The van der Waals surface area contributed by atoms with E-state index in [1.807, 2.05) is 0 Å². The largest absolute Gasteiger partial charge is 0.384 e. The number of amides is 1. The molecular formula is C15H13ClF2N2O. The molecule has 0 bridgehead atoms. The lowest BCUT2D eigenvalue weighted by Gasteiger charge is -2.09. The lowest BCUT2D eigenvalue weighted by atomic mass is 10.2. The maximum absolute atomic E-state index is 13.4. The lowest BCUT2D eigenvalue weighted by Crippen LogP contribution is -2.17. The predicted molar refractivity (Wildman–Crippen MR) is 79.5 cm³/mol. The third-order valence-electron chi connectivity index (χ3n) is 2.73. The molecule has 1 amide bonds. The molecule has 0 aromatic heterocycles. The molecule has 0 radical (unpaired) electrons. The molecule has 2 rings (SSSR count). The van der Waals surface area contributed by atoms with Gasteiger partial charge < -0.3 is 10.6 Å². The van der Waals surface area contributed by atoms with Crippen LogP contribution in [0.15, 0.2) is 42.5 Å². The van der Waals surface area contributed by atoms with Crippen molar-refractivity contribution in [2.24, 2.45) is 0 Å². The van der Waals surface area contributed by atoms with Gasteiger partial charge in [0.2, 0.25) is 5.91 Å². The summed E-state index contributed by atoms with van der Waals surface area (Å²) in [5, 5.41) is 5.80. The van der Waals surface area contributed by atoms with Crippen LogP contribution < -0.4 is 10.6 Å². The van der Waals surface area contributed by atoms with Crippen LogP contribution in [0.1, 0.15) is 6.42 Å². The van der Waals surface area contributed by atoms with Gasteiger partial charge in [0.05, 0.1) is 0 Å². The van der Waals surface area contributed by atoms with Gasteiger partial charge >= 0.3 is 0 Å². The standard InChI is InChI=1S/C15H13ClF2N2O/c16-10-3-1-4-11(9-10)19-8-7-14(21)20-15-12(17)5-2-6-13(15)18/h1-6,9,19H,7-8H2,(H,20,21). The average molecular weight is 311 g/mol. The van der Waals surface area contributed by atoms with Crippen molar-refractivity contribution in [1.29, 1.82) is 0 Å². The van der Waals surface area contributed by atoms with E-state index in [4.69, 9.17) is 11.6 Å². The van der Waals surface area contributed by atoms with E-state index in [0.29, 0.717) is 11.6 Å². The molecule has 21 heavy (non-hydrogen) atoms. The molecule has 0 fully saturated rings. The zero-order valence-electron chi connectivity index (χ0n) is 11.0. The smallest absolute Gasteiger partial charge is 0.226 e. The number of nitrogens with one attached hydrogen (secondary N) is 2. The summed E-state index contributed by atoms with van der Waals surface area (Å²) in [6, 6.07) is 10.4. The Bertz CT molecular complexity index is 629. The summed E-state index contributed by atoms with van der Waals surface area (Å²) in [6.45, 7) is 0.322. The van der Waals surface area contributed by atoms with E-state index >= 15 is 0 Å². The summed E-state index contributed by atoms with van der Waals surface area (Å²) in [5.74, 6) is -2.08. The van der Waals surface area contributed by atoms with Crippen LogP contribution in [0, 0.1) is 11.6 Å². The maximum atomic E-state index is 13.4. The Morgan fingerprint density at radius 1 is 1.10 bits per heavy atom. The molecule has 0 saturated heterocycles. The third kappa shape index (κ3) is 4.43. The first-order valence-corrected chi connectivity index (χ1v) is 6.67. The van der Waals surface area contributed by atoms with E-state index in [0.717, 1.165) is 17.8 Å². The van der Waals surface area contributed by atoms with Gasteiger partial charge in [-0.3, -0.25) is 4.79 Å². The minimum absolute atomic E-state index is 0.0697. The van der Waals surface area contributed by atoms with Crippen molar-refractivity contribution in [3.8, 4) is 0 Å². The first kappa shape index (κ1) is 15.3. The van der Waals surface area contributed by atoms with Gasteiger partial charge in [-0.25, -0.2) is 8.78 Å². The molecule has 0 aliphatic carbocycles. The van der Waals surface area contributed by atoms with Crippen LogP contribution in [0.3, 0.4) is 0 Å². The molecule has 2 N–H and O–H groups in total. The number of carbonyl (C=O) groups is 1. The van der Waals surface area contributed by atoms with Gasteiger partial charge in [0, 0.05) is 23.7 Å². The van der Waals surface area contributed by atoms with Crippen LogP contribution in [0.25, 0.3) is 0 Å². The Kier molecular flexibility index (Phi) is 5.11. The van der Waals surface area contributed by atoms with Crippen molar-refractivity contribution in [3.05, 3.63) is 59.1 Å². The Labute approximate surface area is 125 Å². The van der Waals surface area contributed by atoms with E-state index in [1.54, 1.807) is 24.3 Å². The van der Waals surface area contributed by atoms with E-state index in [1.165, 1.54) is 6.07 Å². The quantitative estimate of drug-likeness (QED) is 0.874. The summed E-state index contributed by atoms with van der Waals surface area (Å²) >= 11 is 5.83. The topological polar surface area (TPSA) is 41.1 Å².